The van der Waals surface area contributed by atoms with E-state index in [4.69, 9.17) is 4.84 Å². The van der Waals surface area contributed by atoms with E-state index in [0.717, 1.165) is 21.0 Å². The van der Waals surface area contributed by atoms with Gasteiger partial charge in [0.25, 0.3) is 11.5 Å². The quantitative estimate of drug-likeness (QED) is 0.675. The van der Waals surface area contributed by atoms with Gasteiger partial charge in [-0.05, 0) is 38.8 Å². The van der Waals surface area contributed by atoms with Crippen molar-refractivity contribution in [3.05, 3.63) is 42.4 Å². The first kappa shape index (κ1) is 25.3. The fourth-order valence-electron chi connectivity index (χ4n) is 4.26. The summed E-state index contributed by atoms with van der Waals surface area (Å²) in [5.41, 5.74) is -3.47. The van der Waals surface area contributed by atoms with Crippen LogP contribution >= 0.6 is 11.3 Å². The molecular weight excluding hydrogens is 489 g/mol. The molecular formula is C22H25F3N4O5S. The Morgan fingerprint density at radius 1 is 1.31 bits per heavy atom. The monoisotopic (exact) mass is 514 g/mol. The van der Waals surface area contributed by atoms with Gasteiger partial charge in [-0.25, -0.2) is 9.86 Å². The highest BCUT2D eigenvalue weighted by Gasteiger charge is 2.42. The molecule has 1 amide bonds. The van der Waals surface area contributed by atoms with Gasteiger partial charge in [0.15, 0.2) is 0 Å². The number of aromatic nitrogens is 2. The van der Waals surface area contributed by atoms with Crippen LogP contribution in [0.5, 0.6) is 0 Å². The van der Waals surface area contributed by atoms with Crippen LogP contribution in [0.25, 0.3) is 10.2 Å². The van der Waals surface area contributed by atoms with E-state index >= 15 is 0 Å². The van der Waals surface area contributed by atoms with E-state index in [9.17, 15) is 32.7 Å². The minimum absolute atomic E-state index is 0.0669. The Hall–Kier alpha value is -2.77. The van der Waals surface area contributed by atoms with Crippen LogP contribution in [0.1, 0.15) is 49.0 Å². The molecule has 2 aliphatic heterocycles. The topological polar surface area (TPSA) is 106 Å². The summed E-state index contributed by atoms with van der Waals surface area (Å²) in [6.45, 7) is 5.99. The largest absolute Gasteiger partial charge is 0.433 e. The van der Waals surface area contributed by atoms with Crippen molar-refractivity contribution in [3.63, 3.8) is 0 Å². The van der Waals surface area contributed by atoms with Gasteiger partial charge in [0, 0.05) is 24.4 Å². The molecule has 1 atom stereocenters. The lowest BCUT2D eigenvalue weighted by Gasteiger charge is -2.17. The average molecular weight is 515 g/mol. The van der Waals surface area contributed by atoms with Crippen molar-refractivity contribution in [2.75, 3.05) is 19.7 Å². The maximum absolute atomic E-state index is 13.6. The molecule has 2 aromatic heterocycles. The minimum atomic E-state index is -4.68. The molecule has 9 nitrogen and oxygen atoms in total. The molecule has 1 fully saturated rings. The lowest BCUT2D eigenvalue weighted by atomic mass is 9.99. The third-order valence-corrected chi connectivity index (χ3v) is 7.24. The van der Waals surface area contributed by atoms with Gasteiger partial charge in [-0.3, -0.25) is 28.6 Å². The summed E-state index contributed by atoms with van der Waals surface area (Å²) in [4.78, 5) is 49.0. The summed E-state index contributed by atoms with van der Waals surface area (Å²) < 4.78 is 43.1. The Morgan fingerprint density at radius 3 is 2.51 bits per heavy atom. The second-order valence-electron chi connectivity index (χ2n) is 9.40. The molecule has 0 spiro atoms. The van der Waals surface area contributed by atoms with Crippen LogP contribution in [-0.4, -0.2) is 62.4 Å². The fourth-order valence-corrected chi connectivity index (χ4v) is 5.68. The molecule has 35 heavy (non-hydrogen) atoms. The Bertz CT molecular complexity index is 1410. The normalized spacial score (nSPS) is 21.1. The van der Waals surface area contributed by atoms with Crippen molar-refractivity contribution in [1.82, 2.24) is 14.2 Å². The second-order valence-corrected chi connectivity index (χ2v) is 10.5. The third kappa shape index (κ3) is 4.25. The zero-order chi connectivity index (χ0) is 26.0. The molecule has 2 aliphatic rings. The third-order valence-electron chi connectivity index (χ3n) is 6.05. The SMILES string of the molecule is CC1=C(Cc2sc3c(c2C(=O)N2C[C@](C)(O)CO2)c(=O)n(C)c(=O)n3C(C)C)C(C(F)(F)F)=NC1. The molecule has 1 N–H and O–H groups in total. The number of aliphatic imine (C=N–C) groups is 1. The number of hydrogen-bond acceptors (Lipinski definition) is 7. The zero-order valence-electron chi connectivity index (χ0n) is 19.8. The van der Waals surface area contributed by atoms with Crippen molar-refractivity contribution >= 4 is 33.2 Å². The first-order valence-electron chi connectivity index (χ1n) is 10.9. The van der Waals surface area contributed by atoms with Crippen LogP contribution in [0, 0.1) is 0 Å². The van der Waals surface area contributed by atoms with Crippen molar-refractivity contribution in [2.24, 2.45) is 12.0 Å². The Morgan fingerprint density at radius 2 is 1.97 bits per heavy atom. The molecule has 4 heterocycles. The minimum Gasteiger partial charge on any atom is -0.386 e. The van der Waals surface area contributed by atoms with Crippen molar-refractivity contribution in [1.29, 1.82) is 0 Å². The second kappa shape index (κ2) is 8.42. The highest BCUT2D eigenvalue weighted by Crippen LogP contribution is 2.37. The highest BCUT2D eigenvalue weighted by atomic mass is 32.1. The van der Waals surface area contributed by atoms with Gasteiger partial charge < -0.3 is 5.11 Å². The van der Waals surface area contributed by atoms with Gasteiger partial charge >= 0.3 is 11.9 Å². The Kier molecular flexibility index (Phi) is 6.09. The molecule has 0 aromatic carbocycles. The van der Waals surface area contributed by atoms with Crippen LogP contribution in [-0.2, 0) is 18.3 Å². The zero-order valence-corrected chi connectivity index (χ0v) is 20.6. The molecule has 190 valence electrons. The standard InChI is InChI=1S/C22H25F3N4O5S/c1-10(2)29-19-15(17(30)27(5)20(29)32)14(18(31)28-8-21(4,33)9-34-28)13(35-19)6-12-11(3)7-26-16(12)22(23,24)25/h10,33H,6-9H2,1-5H3/t21-/m0/s1. The summed E-state index contributed by atoms with van der Waals surface area (Å²) >= 11 is 0.932. The number of β-amino-alcohol motifs (C(OH)–C–C–N with tert-alkyl or cyclic N) is 1. The van der Waals surface area contributed by atoms with Gasteiger partial charge in [0.05, 0.1) is 24.0 Å². The first-order valence-corrected chi connectivity index (χ1v) is 11.7. The number of fused-ring (bicyclic) bond motifs is 1. The lowest BCUT2D eigenvalue weighted by molar-refractivity contribution is -0.0796. The number of hydrogen-bond donors (Lipinski definition) is 1. The van der Waals surface area contributed by atoms with Gasteiger partial charge in [-0.15, -0.1) is 11.3 Å². The number of halogens is 3. The molecule has 0 saturated carbocycles. The maximum Gasteiger partial charge on any atom is 0.433 e. The maximum atomic E-state index is 13.6. The van der Waals surface area contributed by atoms with E-state index in [1.54, 1.807) is 13.8 Å². The van der Waals surface area contributed by atoms with Gasteiger partial charge in [-0.1, -0.05) is 0 Å². The molecule has 4 rings (SSSR count). The molecule has 0 unspecified atom stereocenters. The number of allylic oxidation sites excluding steroid dienone is 1. The van der Waals surface area contributed by atoms with Crippen molar-refractivity contribution in [2.45, 2.75) is 51.9 Å². The molecule has 2 aromatic rings. The predicted molar refractivity (Wildman–Crippen MR) is 124 cm³/mol. The van der Waals surface area contributed by atoms with E-state index in [1.165, 1.54) is 25.5 Å². The van der Waals surface area contributed by atoms with Gasteiger partial charge in [-0.2, -0.15) is 13.2 Å². The summed E-state index contributed by atoms with van der Waals surface area (Å²) in [5, 5.41) is 11.1. The fraction of sp³-hybridized carbons (Fsp3) is 0.545. The number of carbonyl (C=O) groups excluding carboxylic acids is 1. The lowest BCUT2D eigenvalue weighted by Crippen LogP contribution is -2.39. The number of alkyl halides is 3. The van der Waals surface area contributed by atoms with E-state index in [1.807, 2.05) is 0 Å². The molecule has 13 heteroatoms. The average Bonchev–Trinajstić information content (AvgIpc) is 3.41. The summed E-state index contributed by atoms with van der Waals surface area (Å²) in [6, 6.07) is -0.394. The van der Waals surface area contributed by atoms with Crippen molar-refractivity contribution < 1.29 is 27.9 Å². The number of rotatable bonds is 4. The van der Waals surface area contributed by atoms with Crippen molar-refractivity contribution in [3.8, 4) is 0 Å². The van der Waals surface area contributed by atoms with E-state index < -0.39 is 40.7 Å². The summed E-state index contributed by atoms with van der Waals surface area (Å²) in [5.74, 6) is -0.767. The van der Waals surface area contributed by atoms with E-state index in [0.29, 0.717) is 5.57 Å². The molecule has 1 saturated heterocycles. The number of hydroxylamine groups is 2. The van der Waals surface area contributed by atoms with Crippen LogP contribution in [0.3, 0.4) is 0 Å². The van der Waals surface area contributed by atoms with E-state index in [2.05, 4.69) is 4.99 Å². The first-order chi connectivity index (χ1) is 16.1. The van der Waals surface area contributed by atoms with Crippen LogP contribution < -0.4 is 11.2 Å². The smallest absolute Gasteiger partial charge is 0.386 e. The number of nitrogens with zero attached hydrogens (tertiary/aromatic N) is 4. The highest BCUT2D eigenvalue weighted by molar-refractivity contribution is 7.19. The number of amides is 1. The molecule has 0 radical (unpaired) electrons. The number of aliphatic hydroxyl groups is 1. The number of thiophene rings is 1. The Labute approximate surface area is 201 Å². The molecule has 0 aliphatic carbocycles. The van der Waals surface area contributed by atoms with Gasteiger partial charge in [0.1, 0.15) is 22.8 Å². The Balaban J connectivity index is 1.98. The van der Waals surface area contributed by atoms with Crippen LogP contribution in [0.4, 0.5) is 13.2 Å². The molecule has 0 bridgehead atoms. The van der Waals surface area contributed by atoms with Crippen LogP contribution in [0.15, 0.2) is 25.7 Å². The predicted octanol–water partition coefficient (Wildman–Crippen LogP) is 2.36. The van der Waals surface area contributed by atoms with Gasteiger partial charge in [0.2, 0.25) is 0 Å². The summed E-state index contributed by atoms with van der Waals surface area (Å²) in [7, 11) is 1.28. The van der Waals surface area contributed by atoms with E-state index in [-0.39, 0.29) is 52.3 Å². The number of carbonyl (C=O) groups is 1. The van der Waals surface area contributed by atoms with Crippen LogP contribution in [0.2, 0.25) is 0 Å². The summed E-state index contributed by atoms with van der Waals surface area (Å²) in [6.07, 6.45) is -4.98.